The first-order chi connectivity index (χ1) is 65.6. The van der Waals surface area contributed by atoms with E-state index in [9.17, 15) is 57.8 Å². The third kappa shape index (κ3) is 15.1. The molecular formula is C109H129FN12O11S4. The Labute approximate surface area is 813 Å². The number of allylic oxidation sites excluding steroid dienone is 3. The Morgan fingerprint density at radius 3 is 1.39 bits per heavy atom. The van der Waals surface area contributed by atoms with Crippen molar-refractivity contribution in [2.75, 3.05) is 17.3 Å². The number of thioether (sulfide) groups is 3. The van der Waals surface area contributed by atoms with Gasteiger partial charge in [-0.15, -0.1) is 0 Å². The minimum absolute atomic E-state index is 0.00632. The van der Waals surface area contributed by atoms with E-state index in [1.54, 1.807) is 36.0 Å². The van der Waals surface area contributed by atoms with E-state index >= 15 is 0 Å². The molecule has 11 fully saturated rings. The molecule has 23 nitrogen and oxygen atoms in total. The molecule has 8 N–H and O–H groups in total. The van der Waals surface area contributed by atoms with E-state index in [1.807, 2.05) is 78.5 Å². The van der Waals surface area contributed by atoms with E-state index in [2.05, 4.69) is 94.7 Å². The summed E-state index contributed by atoms with van der Waals surface area (Å²) in [6.45, 7) is 13.2. The Kier molecular flexibility index (Phi) is 23.7. The van der Waals surface area contributed by atoms with Gasteiger partial charge in [-0.25, -0.2) is 37.6 Å². The van der Waals surface area contributed by atoms with Gasteiger partial charge in [-0.2, -0.15) is 15.3 Å². The van der Waals surface area contributed by atoms with Crippen molar-refractivity contribution in [3.63, 3.8) is 0 Å². The maximum absolute atomic E-state index is 14.0. The highest BCUT2D eigenvalue weighted by Crippen LogP contribution is 2.72. The molecular weight excluding hydrogens is 1800 g/mol. The molecule has 6 aromatic heterocycles. The van der Waals surface area contributed by atoms with Gasteiger partial charge >= 0.3 is 0 Å². The first-order valence-electron chi connectivity index (χ1n) is 50.4. The lowest BCUT2D eigenvalue weighted by molar-refractivity contribution is -0.178. The molecule has 10 aromatic rings. The molecule has 0 aliphatic heterocycles. The van der Waals surface area contributed by atoms with Gasteiger partial charge in [-0.3, -0.25) is 28.7 Å². The summed E-state index contributed by atoms with van der Waals surface area (Å²) in [6.07, 6.45) is 39.0. The lowest BCUT2D eigenvalue weighted by atomic mass is 9.45. The molecule has 28 heteroatoms. The van der Waals surface area contributed by atoms with Crippen molar-refractivity contribution in [3.05, 3.63) is 184 Å². The number of carbonyl (C=O) groups is 3. The number of aliphatic hydroxyl groups excluding tert-OH is 3. The number of halogens is 1. The number of pyridine rings is 1. The van der Waals surface area contributed by atoms with E-state index in [0.717, 1.165) is 115 Å². The molecule has 24 rings (SSSR count). The Hall–Kier alpha value is -8.39. The van der Waals surface area contributed by atoms with Crippen molar-refractivity contribution in [2.24, 2.45) is 97.9 Å². The number of sulfonamides is 1. The molecule has 0 saturated heterocycles. The summed E-state index contributed by atoms with van der Waals surface area (Å²) in [4.78, 5) is 60.2. The van der Waals surface area contributed by atoms with Crippen LogP contribution in [0.4, 0.5) is 4.39 Å². The number of imidazole rings is 1. The fraction of sp³-hybridized carbons (Fsp3) is 0.560. The van der Waals surface area contributed by atoms with E-state index in [4.69, 9.17) is 20.3 Å². The van der Waals surface area contributed by atoms with Crippen LogP contribution in [0.3, 0.4) is 0 Å². The van der Waals surface area contributed by atoms with Gasteiger partial charge in [0.1, 0.15) is 27.6 Å². The standard InChI is InChI=1S/C37H45N3O3S.C36H40FN5O5S2.C36H44N4O3S/c1-35-19-24-21-38-40(26-9-4-3-5-10-26)30(24)18-25(35)13-14-27-28-16-17-37(43,36(28,2)20-31(41)34(27)35)32(42)22-44-33-15-12-23-8-6-7-11-29(23)39-33;1-34-16-20-18-39-42(23-7-5-22(37)6-8-23)29(20)14-21(34)4-10-25-26-12-13-36(45,35(26,2)17-30(43)32(25)34)31(44)19-48-33-40-27-15-24(49(38,46)47)9-11-28(27)41(33)3;1-34-17-22-19-38-40(24-8-4-3-5-9-24)29(22)16-23(34)12-13-25-26-14-15-36(43,35(26,2)18-30(41)33(25)34)31(42)21-44-32-20-37-27-10-6-7-11-28(27)39-32/h6-8,11-12,15,18,21,26-28,31,34,41,43H,3-5,9-10,13-14,16-17,19-20,22H2,1-2H3;5-9,11,14-15,18,25-26,30,32,43,45H,4,10,12-13,16-17,19H2,1-3H3,(H2,38,46,47);6-7,10-11,16,19-20,24-26,30,33,41,43H,3-5,8-9,12-15,17-18,21H2,1-2H3/t27?,28?,31-,34?,35?,36?,37-;25?,26?,30-,32?,34?,35?,36-;25?,26?,30-,33?,34?,35?,36-/m000/s1. The second-order valence-corrected chi connectivity index (χ2v) is 49.4. The number of aryl methyl sites for hydroxylation is 1. The molecule has 0 spiro atoms. The van der Waals surface area contributed by atoms with E-state index in [-0.39, 0.29) is 115 Å². The van der Waals surface area contributed by atoms with Crippen molar-refractivity contribution in [1.82, 2.24) is 53.8 Å². The predicted octanol–water partition coefficient (Wildman–Crippen LogP) is 18.5. The van der Waals surface area contributed by atoms with Gasteiger partial charge in [-0.05, 0) is 312 Å². The quantitative estimate of drug-likeness (QED) is 0.0442. The number of hydrogen-bond acceptors (Lipinski definition) is 21. The van der Waals surface area contributed by atoms with Crippen LogP contribution in [0.5, 0.6) is 0 Å². The normalized spacial score (nSPS) is 35.1. The van der Waals surface area contributed by atoms with Crippen LogP contribution in [0.15, 0.2) is 165 Å². The number of nitrogens with zero attached hydrogens (tertiary/aromatic N) is 11. The van der Waals surface area contributed by atoms with Crippen LogP contribution in [-0.4, -0.2) is 163 Å². The average Bonchev–Trinajstić information content (AvgIpc) is 1.60. The minimum Gasteiger partial charge on any atom is -0.393 e. The number of rotatable bonds is 16. The maximum atomic E-state index is 14.0. The minimum atomic E-state index is -3.89. The van der Waals surface area contributed by atoms with Gasteiger partial charge in [0, 0.05) is 28.7 Å². The lowest BCUT2D eigenvalue weighted by Gasteiger charge is -2.60. The summed E-state index contributed by atoms with van der Waals surface area (Å²) >= 11 is 3.98. The molecule has 4 aromatic carbocycles. The summed E-state index contributed by atoms with van der Waals surface area (Å²) in [5, 5.41) is 95.6. The number of primary sulfonamides is 1. The summed E-state index contributed by atoms with van der Waals surface area (Å²) in [6, 6.07) is 31.5. The smallest absolute Gasteiger partial charge is 0.238 e. The highest BCUT2D eigenvalue weighted by Gasteiger charge is 2.72. The highest BCUT2D eigenvalue weighted by molar-refractivity contribution is 8.00. The van der Waals surface area contributed by atoms with Crippen LogP contribution >= 0.6 is 35.3 Å². The summed E-state index contributed by atoms with van der Waals surface area (Å²) in [5.41, 5.74) is 8.94. The molecule has 0 amide bonds. The van der Waals surface area contributed by atoms with Gasteiger partial charge in [-0.1, -0.05) is 168 Å². The van der Waals surface area contributed by atoms with Gasteiger partial charge in [0.05, 0.1) is 133 Å². The molecule has 14 aliphatic rings. The monoisotopic (exact) mass is 1930 g/mol. The summed E-state index contributed by atoms with van der Waals surface area (Å²) in [5.74, 6) is 0.933. The Morgan fingerprint density at radius 2 is 0.898 bits per heavy atom. The number of para-hydroxylation sites is 3. The molecule has 11 saturated carbocycles. The average molecular weight is 1930 g/mol. The Morgan fingerprint density at radius 1 is 0.467 bits per heavy atom. The van der Waals surface area contributed by atoms with Gasteiger partial charge in [0.25, 0.3) is 0 Å². The highest BCUT2D eigenvalue weighted by atomic mass is 32.2. The van der Waals surface area contributed by atoms with Crippen LogP contribution in [0.1, 0.15) is 248 Å². The number of benzene rings is 4. The summed E-state index contributed by atoms with van der Waals surface area (Å²) in [7, 11) is -2.09. The SMILES string of the molecule is CC12Cc3cnn(C4CCCCC4)c3C=C1CCC1C2[C@@H](O)CC2(C)C1CC[C@]2(O)C(=O)CSc1ccc2ccccc2n1.CC12Cc3cnn(C4CCCCC4)c3C=C1CCC1C2[C@@H](O)CC2(C)C1CC[C@]2(O)C(=O)CSc1cnc2ccccc2n1.Cn1c(SCC(=O)[C@@]2(O)CCC3C4CCC5=Cc6c(cnn6-c6ccc(F)cc6)CC5(C)C4[C@@H](O)CC32C)nc2cc(S(N)(=O)=O)ccc21. The third-order valence-corrected chi connectivity index (χ3v) is 42.0. The number of aliphatic hydroxyl groups is 6. The Bertz CT molecular complexity index is 6460. The van der Waals surface area contributed by atoms with E-state index < -0.39 is 61.4 Å². The van der Waals surface area contributed by atoms with Gasteiger partial charge in [0.15, 0.2) is 22.5 Å². The van der Waals surface area contributed by atoms with Gasteiger partial charge < -0.3 is 35.2 Å². The molecule has 15 unspecified atom stereocenters. The van der Waals surface area contributed by atoms with Crippen LogP contribution in [0, 0.1) is 91.6 Å². The number of Topliss-reactive ketones (excluding diaryl/α,β-unsaturated/α-hetero) is 3. The van der Waals surface area contributed by atoms with Gasteiger partial charge in [0.2, 0.25) is 10.0 Å². The first-order valence-corrected chi connectivity index (χ1v) is 54.9. The number of ketones is 3. The van der Waals surface area contributed by atoms with Crippen LogP contribution < -0.4 is 5.14 Å². The zero-order chi connectivity index (χ0) is 95.2. The number of hydrogen-bond donors (Lipinski definition) is 7. The third-order valence-electron chi connectivity index (χ3n) is 38.3. The zero-order valence-corrected chi connectivity index (χ0v) is 82.9. The second-order valence-electron chi connectivity index (χ2n) is 44.9. The lowest BCUT2D eigenvalue weighted by Crippen LogP contribution is -2.62. The predicted molar refractivity (Wildman–Crippen MR) is 530 cm³/mol. The summed E-state index contributed by atoms with van der Waals surface area (Å²) < 4.78 is 45.6. The molecule has 21 atom stereocenters. The number of fused-ring (bicyclic) bond motifs is 21. The van der Waals surface area contributed by atoms with Crippen molar-refractivity contribution in [1.29, 1.82) is 0 Å². The van der Waals surface area contributed by atoms with Crippen molar-refractivity contribution < 1.29 is 57.8 Å². The van der Waals surface area contributed by atoms with Crippen LogP contribution in [-0.2, 0) is 50.7 Å². The second kappa shape index (κ2) is 34.8. The fourth-order valence-electron chi connectivity index (χ4n) is 31.4. The molecule has 137 heavy (non-hydrogen) atoms. The van der Waals surface area contributed by atoms with E-state index in [1.165, 1.54) is 163 Å². The topological polar surface area (TPSA) is 343 Å². The maximum Gasteiger partial charge on any atom is 0.238 e. The molecule has 14 aliphatic carbocycles. The van der Waals surface area contributed by atoms with Crippen LogP contribution in [0.25, 0.3) is 56.9 Å². The first kappa shape index (κ1) is 93.6. The molecule has 0 bridgehead atoms. The van der Waals surface area contributed by atoms with E-state index in [0.29, 0.717) is 78.2 Å². The zero-order valence-electron chi connectivity index (χ0n) is 79.6. The number of nitrogens with two attached hydrogens (primary N) is 1. The van der Waals surface area contributed by atoms with Crippen molar-refractivity contribution in [2.45, 2.75) is 289 Å². The number of carbonyl (C=O) groups excluding carboxylic acids is 3. The van der Waals surface area contributed by atoms with Crippen molar-refractivity contribution in [3.8, 4) is 5.69 Å². The molecule has 0 radical (unpaired) electrons. The van der Waals surface area contributed by atoms with Crippen LogP contribution in [0.2, 0.25) is 0 Å². The molecule has 6 heterocycles. The number of aromatic nitrogens is 11. The van der Waals surface area contributed by atoms with Crippen molar-refractivity contribution >= 4 is 114 Å². The Balaban J connectivity index is 0.000000119. The largest absolute Gasteiger partial charge is 0.393 e. The fourth-order valence-corrected chi connectivity index (χ4v) is 34.5. The molecule has 722 valence electrons.